The van der Waals surface area contributed by atoms with Crippen molar-refractivity contribution in [3.05, 3.63) is 163 Å². The molecular weight excluding hydrogens is 546 g/mol. The molecule has 5 aromatic carbocycles. The first-order valence-electron chi connectivity index (χ1n) is 15.3. The van der Waals surface area contributed by atoms with Gasteiger partial charge in [-0.05, 0) is 88.8 Å². The lowest BCUT2D eigenvalue weighted by atomic mass is 9.90. The third-order valence-electron chi connectivity index (χ3n) is 8.64. The third-order valence-corrected chi connectivity index (χ3v) is 8.64. The minimum Gasteiger partial charge on any atom is -0.299 e. The molecule has 0 amide bonds. The van der Waals surface area contributed by atoms with Gasteiger partial charge in [-0.2, -0.15) is 0 Å². The van der Waals surface area contributed by atoms with Gasteiger partial charge in [0.2, 0.25) is 0 Å². The molecule has 0 aliphatic heterocycles. The molecule has 0 atom stereocenters. The molecule has 3 heterocycles. The SMILES string of the molecule is Cc1ccc(-c2cc(-c3ccc(-c4nc5ccccn5c4-c4ccccc4)cc3)cc(-c3cccc4ccccc34)c2)c(C)n1. The average Bonchev–Trinajstić information content (AvgIpc) is 3.48. The number of rotatable bonds is 5. The number of hydrogen-bond donors (Lipinski definition) is 0. The summed E-state index contributed by atoms with van der Waals surface area (Å²) >= 11 is 0. The standard InChI is InChI=1S/C42H31N3/c1-28-18-23-37(29(2)43-28)35-25-34(26-36(27-35)39-16-10-14-31-11-6-7-15-38(31)39)30-19-21-32(22-20-30)41-42(33-12-4-3-5-13-33)45-24-9-8-17-40(45)44-41/h3-27H,1-2H3. The Labute approximate surface area is 263 Å². The minimum absolute atomic E-state index is 0.935. The number of aryl methyl sites for hydroxylation is 2. The zero-order valence-electron chi connectivity index (χ0n) is 25.3. The number of aromatic nitrogens is 3. The zero-order chi connectivity index (χ0) is 30.3. The molecule has 0 N–H and O–H groups in total. The Bertz CT molecular complexity index is 2320. The minimum atomic E-state index is 0.935. The fourth-order valence-corrected chi connectivity index (χ4v) is 6.46. The van der Waals surface area contributed by atoms with Crippen molar-refractivity contribution >= 4 is 16.4 Å². The molecule has 0 aliphatic rings. The van der Waals surface area contributed by atoms with Crippen LogP contribution in [0.15, 0.2) is 152 Å². The van der Waals surface area contributed by atoms with Crippen LogP contribution >= 0.6 is 0 Å². The maximum Gasteiger partial charge on any atom is 0.137 e. The lowest BCUT2D eigenvalue weighted by Gasteiger charge is -2.14. The van der Waals surface area contributed by atoms with Crippen molar-refractivity contribution in [2.75, 3.05) is 0 Å². The predicted octanol–water partition coefficient (Wildman–Crippen LogP) is 10.8. The van der Waals surface area contributed by atoms with Crippen LogP contribution in [0.3, 0.4) is 0 Å². The van der Waals surface area contributed by atoms with Crippen LogP contribution in [0.5, 0.6) is 0 Å². The zero-order valence-corrected chi connectivity index (χ0v) is 25.3. The van der Waals surface area contributed by atoms with Crippen molar-refractivity contribution in [2.45, 2.75) is 13.8 Å². The van der Waals surface area contributed by atoms with Crippen LogP contribution in [0.2, 0.25) is 0 Å². The molecule has 0 radical (unpaired) electrons. The van der Waals surface area contributed by atoms with E-state index in [4.69, 9.17) is 9.97 Å². The molecule has 0 bridgehead atoms. The van der Waals surface area contributed by atoms with Crippen LogP contribution in [0.25, 0.3) is 72.3 Å². The monoisotopic (exact) mass is 577 g/mol. The van der Waals surface area contributed by atoms with Crippen molar-refractivity contribution in [2.24, 2.45) is 0 Å². The van der Waals surface area contributed by atoms with Crippen LogP contribution in [-0.4, -0.2) is 14.4 Å². The highest BCUT2D eigenvalue weighted by Gasteiger charge is 2.17. The van der Waals surface area contributed by atoms with Crippen LogP contribution in [0.4, 0.5) is 0 Å². The lowest BCUT2D eigenvalue weighted by molar-refractivity contribution is 1.13. The topological polar surface area (TPSA) is 30.2 Å². The van der Waals surface area contributed by atoms with E-state index in [0.717, 1.165) is 56.2 Å². The lowest BCUT2D eigenvalue weighted by Crippen LogP contribution is -1.92. The predicted molar refractivity (Wildman–Crippen MR) is 187 cm³/mol. The number of benzene rings is 5. The van der Waals surface area contributed by atoms with Gasteiger partial charge in [0.1, 0.15) is 5.65 Å². The van der Waals surface area contributed by atoms with E-state index in [0.29, 0.717) is 0 Å². The van der Waals surface area contributed by atoms with Gasteiger partial charge in [-0.1, -0.05) is 109 Å². The summed E-state index contributed by atoms with van der Waals surface area (Å²) in [4.78, 5) is 9.86. The Morgan fingerprint density at radius 2 is 1.16 bits per heavy atom. The van der Waals surface area contributed by atoms with Crippen LogP contribution in [0.1, 0.15) is 11.4 Å². The second kappa shape index (κ2) is 11.0. The summed E-state index contributed by atoms with van der Waals surface area (Å²) in [5.74, 6) is 0. The number of hydrogen-bond acceptors (Lipinski definition) is 2. The Hall–Kier alpha value is -5.80. The number of imidazole rings is 1. The van der Waals surface area contributed by atoms with Crippen molar-refractivity contribution < 1.29 is 0 Å². The molecule has 8 aromatic rings. The van der Waals surface area contributed by atoms with Gasteiger partial charge in [-0.3, -0.25) is 9.38 Å². The van der Waals surface area contributed by atoms with Gasteiger partial charge in [-0.15, -0.1) is 0 Å². The highest BCUT2D eigenvalue weighted by atomic mass is 15.0. The summed E-state index contributed by atoms with van der Waals surface area (Å²) in [6.45, 7) is 4.14. The molecule has 3 nitrogen and oxygen atoms in total. The Morgan fingerprint density at radius 1 is 0.467 bits per heavy atom. The van der Waals surface area contributed by atoms with E-state index in [2.05, 4.69) is 157 Å². The van der Waals surface area contributed by atoms with Crippen molar-refractivity contribution in [3.63, 3.8) is 0 Å². The number of nitrogens with zero attached hydrogens (tertiary/aromatic N) is 3. The van der Waals surface area contributed by atoms with E-state index in [1.54, 1.807) is 0 Å². The van der Waals surface area contributed by atoms with Crippen LogP contribution in [-0.2, 0) is 0 Å². The van der Waals surface area contributed by atoms with E-state index >= 15 is 0 Å². The highest BCUT2D eigenvalue weighted by Crippen LogP contribution is 2.38. The Morgan fingerprint density at radius 3 is 1.98 bits per heavy atom. The van der Waals surface area contributed by atoms with E-state index in [9.17, 15) is 0 Å². The first-order chi connectivity index (χ1) is 22.1. The van der Waals surface area contributed by atoms with Gasteiger partial charge in [0.15, 0.2) is 0 Å². The van der Waals surface area contributed by atoms with E-state index in [1.165, 1.54) is 27.5 Å². The van der Waals surface area contributed by atoms with Gasteiger partial charge >= 0.3 is 0 Å². The van der Waals surface area contributed by atoms with E-state index in [1.807, 2.05) is 13.0 Å². The summed E-state index contributed by atoms with van der Waals surface area (Å²) in [6.07, 6.45) is 2.09. The van der Waals surface area contributed by atoms with Gasteiger partial charge < -0.3 is 0 Å². The second-order valence-electron chi connectivity index (χ2n) is 11.6. The van der Waals surface area contributed by atoms with E-state index in [-0.39, 0.29) is 0 Å². The average molecular weight is 578 g/mol. The number of pyridine rings is 2. The molecule has 214 valence electrons. The van der Waals surface area contributed by atoms with Gasteiger partial charge in [-0.25, -0.2) is 4.98 Å². The fourth-order valence-electron chi connectivity index (χ4n) is 6.46. The maximum absolute atomic E-state index is 5.07. The summed E-state index contributed by atoms with van der Waals surface area (Å²) in [7, 11) is 0. The maximum atomic E-state index is 5.07. The van der Waals surface area contributed by atoms with Gasteiger partial charge in [0, 0.05) is 34.3 Å². The van der Waals surface area contributed by atoms with Gasteiger partial charge in [0.25, 0.3) is 0 Å². The van der Waals surface area contributed by atoms with Crippen molar-refractivity contribution in [3.8, 4) is 55.9 Å². The molecule has 8 rings (SSSR count). The Balaban J connectivity index is 1.28. The molecule has 0 spiro atoms. The van der Waals surface area contributed by atoms with Crippen LogP contribution in [0, 0.1) is 13.8 Å². The molecule has 0 saturated carbocycles. The van der Waals surface area contributed by atoms with E-state index < -0.39 is 0 Å². The summed E-state index contributed by atoms with van der Waals surface area (Å²) in [5, 5.41) is 2.48. The molecule has 0 unspecified atom stereocenters. The second-order valence-corrected chi connectivity index (χ2v) is 11.6. The largest absolute Gasteiger partial charge is 0.299 e. The normalized spacial score (nSPS) is 11.3. The quantitative estimate of drug-likeness (QED) is 0.204. The summed E-state index contributed by atoms with van der Waals surface area (Å²) in [6, 6.07) is 51.9. The molecule has 45 heavy (non-hydrogen) atoms. The van der Waals surface area contributed by atoms with Crippen molar-refractivity contribution in [1.29, 1.82) is 0 Å². The Kier molecular flexibility index (Phi) is 6.57. The summed E-state index contributed by atoms with van der Waals surface area (Å²) < 4.78 is 2.18. The van der Waals surface area contributed by atoms with Crippen molar-refractivity contribution in [1.82, 2.24) is 14.4 Å². The molecule has 0 aliphatic carbocycles. The van der Waals surface area contributed by atoms with Crippen LogP contribution < -0.4 is 0 Å². The smallest absolute Gasteiger partial charge is 0.137 e. The third kappa shape index (κ3) is 4.89. The first-order valence-corrected chi connectivity index (χ1v) is 15.3. The molecule has 0 fully saturated rings. The highest BCUT2D eigenvalue weighted by molar-refractivity contribution is 5.98. The molecule has 0 saturated heterocycles. The molecule has 3 heteroatoms. The molecular formula is C42H31N3. The number of fused-ring (bicyclic) bond motifs is 2. The fraction of sp³-hybridized carbons (Fsp3) is 0.0476. The first kappa shape index (κ1) is 26.8. The summed E-state index contributed by atoms with van der Waals surface area (Å²) in [5.41, 5.74) is 14.4. The van der Waals surface area contributed by atoms with Gasteiger partial charge in [0.05, 0.1) is 11.4 Å². The molecule has 3 aromatic heterocycles.